The van der Waals surface area contributed by atoms with Crippen LogP contribution in [0.5, 0.6) is 0 Å². The highest BCUT2D eigenvalue weighted by Gasteiger charge is 2.31. The highest BCUT2D eigenvalue weighted by Crippen LogP contribution is 2.10. The van der Waals surface area contributed by atoms with Crippen LogP contribution in [0.2, 0.25) is 0 Å². The van der Waals surface area contributed by atoms with Gasteiger partial charge in [0.2, 0.25) is 0 Å². The summed E-state index contributed by atoms with van der Waals surface area (Å²) in [6.07, 6.45) is -1.37. The van der Waals surface area contributed by atoms with Gasteiger partial charge in [-0.05, 0) is 38.1 Å². The Morgan fingerprint density at radius 1 is 0.525 bits per heavy atom. The predicted octanol–water partition coefficient (Wildman–Crippen LogP) is 1.30. The van der Waals surface area contributed by atoms with E-state index in [-0.39, 0.29) is 36.8 Å². The molecule has 0 aromatic heterocycles. The Balaban J connectivity index is -0.000000147. The summed E-state index contributed by atoms with van der Waals surface area (Å²) in [5.74, 6) is -10.1. The maximum Gasteiger partial charge on any atom is 0.373 e. The lowest BCUT2D eigenvalue weighted by molar-refractivity contribution is -0.193. The molecular weight excluding hydrogens is 824 g/mol. The minimum atomic E-state index is -1.76. The normalized spacial score (nSPS) is 9.20. The smallest absolute Gasteiger partial charge is 0.373 e. The van der Waals surface area contributed by atoms with Crippen molar-refractivity contribution in [3.05, 3.63) is 120 Å². The van der Waals surface area contributed by atoms with Crippen LogP contribution in [0.15, 0.2) is 109 Å². The van der Waals surface area contributed by atoms with Crippen molar-refractivity contribution in [1.29, 1.82) is 0 Å². The van der Waals surface area contributed by atoms with Crippen molar-refractivity contribution in [2.75, 3.05) is 0 Å². The average Bonchev–Trinajstić information content (AvgIpc) is 3.19. The van der Waals surface area contributed by atoms with Crippen molar-refractivity contribution < 1.29 is 112 Å². The summed E-state index contributed by atoms with van der Waals surface area (Å²) in [6.45, 7) is 2.20. The molecule has 2 atom stereocenters. The highest BCUT2D eigenvalue weighted by atomic mass is 16.4. The van der Waals surface area contributed by atoms with Gasteiger partial charge in [0.05, 0.1) is 23.1 Å². The van der Waals surface area contributed by atoms with Crippen LogP contribution >= 0.6 is 0 Å². The largest absolute Gasteiger partial charge is 0.481 e. The first-order valence-electron chi connectivity index (χ1n) is 15.4. The Morgan fingerprint density at radius 3 is 0.967 bits per heavy atom. The summed E-state index contributed by atoms with van der Waals surface area (Å²) in [6, 6.07) is 28.6. The number of aromatic carboxylic acids is 2. The van der Waals surface area contributed by atoms with E-state index in [9.17, 15) is 38.4 Å². The second-order valence-electron chi connectivity index (χ2n) is 9.62. The molecule has 0 spiro atoms. The molecule has 61 heavy (non-hydrogen) atoms. The van der Waals surface area contributed by atoms with Crippen LogP contribution < -0.4 is 0 Å². The zero-order valence-corrected chi connectivity index (χ0v) is 31.5. The SMILES string of the molecule is CC(=O)C(O)C(CC(=O)O)C(=O)O.CC(=O)C/C(=C/C(=O)O)C(=O)O.O=C(O)c1ccccc1.O=C(O)c1ccccc1.O=C=O.O=C=O.O=C=O.O=C=O.c1ccccc1. The van der Waals surface area contributed by atoms with Gasteiger partial charge < -0.3 is 35.7 Å². The fourth-order valence-corrected chi connectivity index (χ4v) is 2.96. The van der Waals surface area contributed by atoms with Crippen molar-refractivity contribution in [1.82, 2.24) is 0 Å². The van der Waals surface area contributed by atoms with Crippen LogP contribution in [-0.4, -0.2) is 114 Å². The van der Waals surface area contributed by atoms with E-state index in [4.69, 9.17) is 74.1 Å². The van der Waals surface area contributed by atoms with Gasteiger partial charge in [0.15, 0.2) is 5.78 Å². The number of hydrogen-bond donors (Lipinski definition) is 7. The van der Waals surface area contributed by atoms with Gasteiger partial charge in [0.25, 0.3) is 0 Å². The summed E-state index contributed by atoms with van der Waals surface area (Å²) >= 11 is 0. The van der Waals surface area contributed by atoms with E-state index in [1.165, 1.54) is 6.92 Å². The standard InChI is InChI=1S/C7H10O6.C7H8O5.2C7H6O2.C6H6.4CO2/c1-3(8)6(11)4(7(12)13)2-5(9)10;1-4(8)2-5(7(11)12)3-6(9)10;2*8-7(9)6-4-2-1-3-5-6;1-2-4-6-5-3-1;4*2-1-3/h4,6,11H,2H2,1H3,(H,9,10)(H,12,13);3H,2H2,1H3,(H,9,10)(H,11,12);2*1-5H,(H,8,9);1-6H;;;;/b;5-3-;;;;;;;. The topological polar surface area (TPSA) is 415 Å². The number of benzene rings is 3. The molecule has 0 aliphatic heterocycles. The Bertz CT molecular complexity index is 1790. The predicted molar refractivity (Wildman–Crippen MR) is 192 cm³/mol. The van der Waals surface area contributed by atoms with Gasteiger partial charge in [-0.2, -0.15) is 38.4 Å². The van der Waals surface area contributed by atoms with Crippen molar-refractivity contribution >= 4 is 72.0 Å². The first-order chi connectivity index (χ1) is 28.6. The van der Waals surface area contributed by atoms with Crippen LogP contribution in [0.4, 0.5) is 0 Å². The van der Waals surface area contributed by atoms with Gasteiger partial charge >= 0.3 is 60.4 Å². The molecule has 0 saturated carbocycles. The third-order valence-corrected chi connectivity index (χ3v) is 5.23. The molecule has 23 heteroatoms. The number of carbonyl (C=O) groups is 8. The summed E-state index contributed by atoms with van der Waals surface area (Å²) in [4.78, 5) is 147. The molecule has 0 aliphatic carbocycles. The minimum absolute atomic E-state index is 0.250. The molecule has 3 aromatic carbocycles. The van der Waals surface area contributed by atoms with Crippen molar-refractivity contribution in [2.24, 2.45) is 5.92 Å². The molecule has 0 fully saturated rings. The third-order valence-electron chi connectivity index (χ3n) is 5.23. The van der Waals surface area contributed by atoms with E-state index >= 15 is 0 Å². The van der Waals surface area contributed by atoms with E-state index in [1.54, 1.807) is 60.7 Å². The maximum atomic E-state index is 10.6. The fourth-order valence-electron chi connectivity index (χ4n) is 2.96. The third kappa shape index (κ3) is 51.0. The molecule has 0 radical (unpaired) electrons. The van der Waals surface area contributed by atoms with Crippen LogP contribution in [0, 0.1) is 5.92 Å². The molecule has 0 bridgehead atoms. The second-order valence-corrected chi connectivity index (χ2v) is 9.62. The van der Waals surface area contributed by atoms with E-state index < -0.39 is 65.6 Å². The monoisotopic (exact) mass is 860 g/mol. The fraction of sp³-hybridized carbons (Fsp3) is 0.158. The molecule has 0 aliphatic rings. The summed E-state index contributed by atoms with van der Waals surface area (Å²) in [5.41, 5.74) is 0.255. The van der Waals surface area contributed by atoms with Gasteiger partial charge in [-0.15, -0.1) is 0 Å². The molecule has 0 amide bonds. The minimum Gasteiger partial charge on any atom is -0.481 e. The van der Waals surface area contributed by atoms with E-state index in [2.05, 4.69) is 0 Å². The lowest BCUT2D eigenvalue weighted by atomic mass is 9.96. The van der Waals surface area contributed by atoms with Crippen molar-refractivity contribution in [3.63, 3.8) is 0 Å². The van der Waals surface area contributed by atoms with Crippen molar-refractivity contribution in [2.45, 2.75) is 32.8 Å². The zero-order valence-electron chi connectivity index (χ0n) is 31.5. The number of aliphatic hydroxyl groups excluding tert-OH is 1. The van der Waals surface area contributed by atoms with Gasteiger partial charge in [-0.25, -0.2) is 19.2 Å². The molecule has 3 rings (SSSR count). The molecule has 7 N–H and O–H groups in total. The number of rotatable bonds is 11. The number of carbonyl (C=O) groups excluding carboxylic acids is 10. The first-order valence-corrected chi connectivity index (χ1v) is 15.4. The lowest BCUT2D eigenvalue weighted by Gasteiger charge is -2.13. The first kappa shape index (κ1) is 64.0. The number of carboxylic acids is 6. The van der Waals surface area contributed by atoms with Crippen LogP contribution in [0.25, 0.3) is 0 Å². The quantitative estimate of drug-likeness (QED) is 0.134. The number of ketones is 2. The average molecular weight is 861 g/mol. The zero-order chi connectivity index (χ0) is 48.8. The summed E-state index contributed by atoms with van der Waals surface area (Å²) in [7, 11) is 0. The summed E-state index contributed by atoms with van der Waals surface area (Å²) in [5, 5.41) is 59.1. The maximum absolute atomic E-state index is 10.6. The van der Waals surface area contributed by atoms with Crippen LogP contribution in [-0.2, 0) is 67.1 Å². The number of Topliss-reactive ketones (excluding diaryl/α,β-unsaturated/α-hetero) is 2. The number of aliphatic carboxylic acids is 4. The van der Waals surface area contributed by atoms with Crippen molar-refractivity contribution in [3.8, 4) is 0 Å². The van der Waals surface area contributed by atoms with E-state index in [0.29, 0.717) is 17.2 Å². The van der Waals surface area contributed by atoms with E-state index in [1.807, 2.05) is 36.4 Å². The highest BCUT2D eigenvalue weighted by molar-refractivity contribution is 5.99. The molecule has 3 aromatic rings. The van der Waals surface area contributed by atoms with Gasteiger partial charge in [0.1, 0.15) is 17.8 Å². The van der Waals surface area contributed by atoms with Gasteiger partial charge in [-0.1, -0.05) is 72.8 Å². The van der Waals surface area contributed by atoms with Gasteiger partial charge in [-0.3, -0.25) is 19.2 Å². The van der Waals surface area contributed by atoms with Crippen LogP contribution in [0.3, 0.4) is 0 Å². The number of hydrogen-bond acceptors (Lipinski definition) is 17. The molecule has 23 nitrogen and oxygen atoms in total. The number of carboxylic acid groups (broad SMARTS) is 6. The van der Waals surface area contributed by atoms with Gasteiger partial charge in [0, 0.05) is 12.5 Å². The Hall–Kier alpha value is -8.96. The Kier molecular flexibility index (Phi) is 47.6. The molecular formula is C38H36O23. The Labute approximate surface area is 342 Å². The second kappa shape index (κ2) is 45.4. The molecule has 2 unspecified atom stereocenters. The summed E-state index contributed by atoms with van der Waals surface area (Å²) < 4.78 is 0. The van der Waals surface area contributed by atoms with Crippen LogP contribution in [0.1, 0.15) is 47.4 Å². The lowest BCUT2D eigenvalue weighted by Crippen LogP contribution is -2.35. The number of aliphatic hydroxyl groups is 1. The molecule has 0 saturated heterocycles. The molecule has 0 heterocycles. The molecule has 326 valence electrons. The Morgan fingerprint density at radius 2 is 0.803 bits per heavy atom. The van der Waals surface area contributed by atoms with E-state index in [0.717, 1.165) is 6.92 Å².